The van der Waals surface area contributed by atoms with E-state index in [1.165, 1.54) is 83.5 Å². The molecule has 0 aliphatic heterocycles. The average Bonchev–Trinajstić information content (AvgIpc) is 3.04. The third-order valence-corrected chi connectivity index (χ3v) is 8.50. The smallest absolute Gasteiger partial charge is 0.255 e. The van der Waals surface area contributed by atoms with Gasteiger partial charge in [0, 0.05) is 25.2 Å². The highest BCUT2D eigenvalue weighted by Gasteiger charge is 2.20. The molecule has 5 nitrogen and oxygen atoms in total. The van der Waals surface area contributed by atoms with Gasteiger partial charge in [0.15, 0.2) is 23.9 Å². The summed E-state index contributed by atoms with van der Waals surface area (Å²) in [5.74, 6) is 1.32. The number of carbonyl (C=O) groups is 1. The third-order valence-electron chi connectivity index (χ3n) is 8.17. The Labute approximate surface area is 271 Å². The number of aromatic nitrogens is 1. The maximum absolute atomic E-state index is 13.6. The maximum Gasteiger partial charge on any atom is 0.255 e. The quantitative estimate of drug-likeness (QED) is 0.0828. The van der Waals surface area contributed by atoms with Crippen LogP contribution in [0.5, 0.6) is 11.5 Å². The summed E-state index contributed by atoms with van der Waals surface area (Å²) in [7, 11) is 3.64. The first-order chi connectivity index (χ1) is 21.5. The van der Waals surface area contributed by atoms with Crippen LogP contribution < -0.4 is 14.0 Å². The van der Waals surface area contributed by atoms with Crippen LogP contribution in [0.2, 0.25) is 5.02 Å². The van der Waals surface area contributed by atoms with Crippen molar-refractivity contribution in [2.75, 3.05) is 13.7 Å². The lowest BCUT2D eigenvalue weighted by atomic mass is 10.0. The van der Waals surface area contributed by atoms with Crippen molar-refractivity contribution < 1.29 is 18.8 Å². The number of benzene rings is 2. The van der Waals surface area contributed by atoms with E-state index in [-0.39, 0.29) is 5.91 Å². The highest BCUT2D eigenvalue weighted by molar-refractivity contribution is 6.33. The molecule has 0 unspecified atom stereocenters. The van der Waals surface area contributed by atoms with Crippen LogP contribution in [0.4, 0.5) is 0 Å². The first-order valence-corrected chi connectivity index (χ1v) is 17.2. The third kappa shape index (κ3) is 12.9. The molecular weight excluding hydrogens is 568 g/mol. The van der Waals surface area contributed by atoms with Gasteiger partial charge in [0.05, 0.1) is 24.3 Å². The molecule has 3 aromatic rings. The largest absolute Gasteiger partial charge is 0.493 e. The SMILES string of the molecule is CCCCCCCCCCCCCCCCOc1ccc(CN(Cc2cc[n+](C)cc2)C(=O)c2ccccc2Cl)cc1OC. The number of carbonyl (C=O) groups excluding carboxylic acids is 1. The summed E-state index contributed by atoms with van der Waals surface area (Å²) < 4.78 is 13.8. The number of nitrogens with zero attached hydrogens (tertiary/aromatic N) is 2. The van der Waals surface area contributed by atoms with Crippen LogP contribution in [0.3, 0.4) is 0 Å². The van der Waals surface area contributed by atoms with Gasteiger partial charge in [0.25, 0.3) is 5.91 Å². The van der Waals surface area contributed by atoms with Crippen molar-refractivity contribution in [2.24, 2.45) is 7.05 Å². The highest BCUT2D eigenvalue weighted by Crippen LogP contribution is 2.30. The molecule has 1 heterocycles. The number of amides is 1. The second kappa shape index (κ2) is 20.8. The van der Waals surface area contributed by atoms with Gasteiger partial charge >= 0.3 is 0 Å². The van der Waals surface area contributed by atoms with Gasteiger partial charge in [-0.05, 0) is 41.8 Å². The zero-order chi connectivity index (χ0) is 31.4. The lowest BCUT2D eigenvalue weighted by molar-refractivity contribution is -0.671. The first-order valence-electron chi connectivity index (χ1n) is 16.8. The van der Waals surface area contributed by atoms with E-state index in [0.29, 0.717) is 36.0 Å². The highest BCUT2D eigenvalue weighted by atomic mass is 35.5. The number of halogens is 1. The van der Waals surface area contributed by atoms with Gasteiger partial charge < -0.3 is 14.4 Å². The van der Waals surface area contributed by atoms with E-state index in [4.69, 9.17) is 21.1 Å². The van der Waals surface area contributed by atoms with Crippen LogP contribution in [0.15, 0.2) is 67.0 Å². The molecule has 0 radical (unpaired) electrons. The zero-order valence-corrected chi connectivity index (χ0v) is 28.1. The van der Waals surface area contributed by atoms with Crippen molar-refractivity contribution in [3.05, 3.63) is 88.7 Å². The minimum atomic E-state index is -0.110. The molecule has 0 saturated heterocycles. The monoisotopic (exact) mass is 621 g/mol. The van der Waals surface area contributed by atoms with Crippen LogP contribution in [0, 0.1) is 0 Å². The van der Waals surface area contributed by atoms with E-state index in [9.17, 15) is 4.79 Å². The summed E-state index contributed by atoms with van der Waals surface area (Å²) in [6.45, 7) is 3.84. The average molecular weight is 622 g/mol. The molecule has 0 spiro atoms. The summed E-state index contributed by atoms with van der Waals surface area (Å²) in [6.07, 6.45) is 22.7. The Morgan fingerprint density at radius 2 is 1.30 bits per heavy atom. The topological polar surface area (TPSA) is 42.7 Å². The molecule has 3 rings (SSSR count). The van der Waals surface area contributed by atoms with Crippen LogP contribution in [0.25, 0.3) is 0 Å². The van der Waals surface area contributed by atoms with E-state index >= 15 is 0 Å². The second-order valence-corrected chi connectivity index (χ2v) is 12.3. The van der Waals surface area contributed by atoms with Crippen molar-refractivity contribution >= 4 is 17.5 Å². The van der Waals surface area contributed by atoms with Crippen molar-refractivity contribution in [2.45, 2.75) is 110 Å². The summed E-state index contributed by atoms with van der Waals surface area (Å²) in [4.78, 5) is 15.4. The summed E-state index contributed by atoms with van der Waals surface area (Å²) in [6, 6.07) is 17.2. The van der Waals surface area contributed by atoms with Crippen LogP contribution in [0.1, 0.15) is 118 Å². The number of hydrogen-bond acceptors (Lipinski definition) is 3. The number of unbranched alkanes of at least 4 members (excludes halogenated alkanes) is 13. The lowest BCUT2D eigenvalue weighted by Gasteiger charge is -2.24. The van der Waals surface area contributed by atoms with Gasteiger partial charge in [0.1, 0.15) is 7.05 Å². The Balaban J connectivity index is 1.44. The predicted octanol–water partition coefficient (Wildman–Crippen LogP) is 9.88. The number of aryl methyl sites for hydroxylation is 1. The van der Waals surface area contributed by atoms with Gasteiger partial charge in [-0.2, -0.15) is 0 Å². The predicted molar refractivity (Wildman–Crippen MR) is 181 cm³/mol. The van der Waals surface area contributed by atoms with Crippen molar-refractivity contribution in [3.8, 4) is 11.5 Å². The van der Waals surface area contributed by atoms with Crippen LogP contribution in [-0.4, -0.2) is 24.5 Å². The zero-order valence-electron chi connectivity index (χ0n) is 27.4. The minimum Gasteiger partial charge on any atom is -0.493 e. The fourth-order valence-electron chi connectivity index (χ4n) is 5.49. The van der Waals surface area contributed by atoms with Gasteiger partial charge in [-0.1, -0.05) is 120 Å². The molecule has 0 bridgehead atoms. The number of rotatable bonds is 22. The minimum absolute atomic E-state index is 0.110. The first kappa shape index (κ1) is 35.4. The molecular formula is C38H54ClN2O3+. The molecule has 6 heteroatoms. The molecule has 1 aromatic heterocycles. The number of ether oxygens (including phenoxy) is 2. The molecule has 1 amide bonds. The number of methoxy groups -OCH3 is 1. The Morgan fingerprint density at radius 1 is 0.727 bits per heavy atom. The van der Waals surface area contributed by atoms with Gasteiger partial charge in [-0.15, -0.1) is 0 Å². The van der Waals surface area contributed by atoms with Crippen molar-refractivity contribution in [3.63, 3.8) is 0 Å². The molecule has 44 heavy (non-hydrogen) atoms. The summed E-state index contributed by atoms with van der Waals surface area (Å²) >= 11 is 6.41. The summed E-state index contributed by atoms with van der Waals surface area (Å²) in [5.41, 5.74) is 2.51. The van der Waals surface area contributed by atoms with E-state index in [0.717, 1.165) is 23.3 Å². The molecule has 0 aliphatic carbocycles. The van der Waals surface area contributed by atoms with Crippen LogP contribution >= 0.6 is 11.6 Å². The van der Waals surface area contributed by atoms with Crippen molar-refractivity contribution in [1.29, 1.82) is 0 Å². The molecule has 0 N–H and O–H groups in total. The fourth-order valence-corrected chi connectivity index (χ4v) is 5.71. The van der Waals surface area contributed by atoms with Crippen molar-refractivity contribution in [1.82, 2.24) is 4.90 Å². The van der Waals surface area contributed by atoms with E-state index < -0.39 is 0 Å². The van der Waals surface area contributed by atoms with E-state index in [1.54, 1.807) is 19.2 Å². The fraction of sp³-hybridized carbons (Fsp3) is 0.526. The molecule has 0 aliphatic rings. The standard InChI is InChI=1S/C38H54ClN2O3/c1-4-5-6-7-8-9-10-11-12-13-14-15-16-19-28-44-36-23-22-33(29-37(36)43-3)31-41(30-32-24-26-40(2)27-25-32)38(42)34-20-17-18-21-35(34)39/h17-18,20-27,29H,4-16,19,28,30-31H2,1-3H3/q+1. The van der Waals surface area contributed by atoms with Gasteiger partial charge in [-0.3, -0.25) is 4.79 Å². The summed E-state index contributed by atoms with van der Waals surface area (Å²) in [5, 5.41) is 0.451. The Bertz CT molecular complexity index is 1230. The second-order valence-electron chi connectivity index (χ2n) is 11.9. The van der Waals surface area contributed by atoms with Gasteiger partial charge in [0.2, 0.25) is 0 Å². The number of hydrogen-bond donors (Lipinski definition) is 0. The van der Waals surface area contributed by atoms with Gasteiger partial charge in [-0.25, -0.2) is 4.57 Å². The molecule has 0 fully saturated rings. The van der Waals surface area contributed by atoms with Crippen LogP contribution in [-0.2, 0) is 20.1 Å². The molecule has 2 aromatic carbocycles. The lowest BCUT2D eigenvalue weighted by Crippen LogP contribution is -2.31. The van der Waals surface area contributed by atoms with E-state index in [1.807, 2.05) is 71.4 Å². The van der Waals surface area contributed by atoms with E-state index in [2.05, 4.69) is 6.92 Å². The Morgan fingerprint density at radius 3 is 1.89 bits per heavy atom. The Kier molecular flexibility index (Phi) is 16.8. The maximum atomic E-state index is 13.6. The number of pyridine rings is 1. The molecule has 0 saturated carbocycles. The molecule has 0 atom stereocenters. The Hall–Kier alpha value is -3.05. The normalized spacial score (nSPS) is 11.0. The molecule has 240 valence electrons.